The summed E-state index contributed by atoms with van der Waals surface area (Å²) in [6.07, 6.45) is 0. The van der Waals surface area contributed by atoms with Crippen LogP contribution in [0.5, 0.6) is 0 Å². The third-order valence-electron chi connectivity index (χ3n) is 2.80. The van der Waals surface area contributed by atoms with Crippen molar-refractivity contribution < 1.29 is 9.52 Å². The van der Waals surface area contributed by atoms with Crippen molar-refractivity contribution in [2.75, 3.05) is 0 Å². The summed E-state index contributed by atoms with van der Waals surface area (Å²) in [5, 5.41) is 10.2. The highest BCUT2D eigenvalue weighted by atomic mass is 35.5. The van der Waals surface area contributed by atoms with E-state index in [1.807, 2.05) is 0 Å². The van der Waals surface area contributed by atoms with Crippen LogP contribution in [0.3, 0.4) is 0 Å². The van der Waals surface area contributed by atoms with Crippen molar-refractivity contribution in [2.24, 2.45) is 0 Å². The Balaban J connectivity index is 2.14. The number of fused-ring (bicyclic) bond motifs is 1. The minimum atomic E-state index is -0.0279. The highest BCUT2D eigenvalue weighted by molar-refractivity contribution is 6.36. The van der Waals surface area contributed by atoms with Gasteiger partial charge in [-0.3, -0.25) is 0 Å². The number of aliphatic hydroxyl groups is 1. The second-order valence-electron chi connectivity index (χ2n) is 4.10. The monoisotopic (exact) mass is 293 g/mol. The molecular weight excluding hydrogens is 285 g/mol. The molecule has 19 heavy (non-hydrogen) atoms. The van der Waals surface area contributed by atoms with E-state index in [-0.39, 0.29) is 6.61 Å². The first-order chi connectivity index (χ1) is 9.17. The van der Waals surface area contributed by atoms with Crippen molar-refractivity contribution in [3.8, 4) is 11.5 Å². The van der Waals surface area contributed by atoms with Gasteiger partial charge >= 0.3 is 0 Å². The molecule has 0 atom stereocenters. The van der Waals surface area contributed by atoms with Gasteiger partial charge in [-0.1, -0.05) is 29.3 Å². The van der Waals surface area contributed by atoms with Gasteiger partial charge in [0.05, 0.1) is 17.2 Å². The fourth-order valence-corrected chi connectivity index (χ4v) is 2.34. The lowest BCUT2D eigenvalue weighted by Crippen LogP contribution is -1.81. The van der Waals surface area contributed by atoms with Gasteiger partial charge in [-0.15, -0.1) is 0 Å². The summed E-state index contributed by atoms with van der Waals surface area (Å²) in [5.74, 6) is 0.437. The maximum atomic E-state index is 9.10. The third kappa shape index (κ3) is 2.32. The first-order valence-corrected chi connectivity index (χ1v) is 6.39. The largest absolute Gasteiger partial charge is 0.436 e. The van der Waals surface area contributed by atoms with Crippen molar-refractivity contribution in [3.63, 3.8) is 0 Å². The fraction of sp³-hybridized carbons (Fsp3) is 0.0714. The molecule has 0 saturated heterocycles. The van der Waals surface area contributed by atoms with Gasteiger partial charge in [0.2, 0.25) is 5.89 Å². The van der Waals surface area contributed by atoms with Crippen molar-refractivity contribution in [2.45, 2.75) is 6.61 Å². The molecule has 1 N–H and O–H groups in total. The van der Waals surface area contributed by atoms with E-state index in [1.54, 1.807) is 36.4 Å². The van der Waals surface area contributed by atoms with Crippen LogP contribution in [0.1, 0.15) is 5.56 Å². The second kappa shape index (κ2) is 4.85. The summed E-state index contributed by atoms with van der Waals surface area (Å²) >= 11 is 12.0. The minimum Gasteiger partial charge on any atom is -0.436 e. The van der Waals surface area contributed by atoms with E-state index in [0.717, 1.165) is 5.56 Å². The Hall–Kier alpha value is -1.55. The zero-order valence-electron chi connectivity index (χ0n) is 9.73. The summed E-state index contributed by atoms with van der Waals surface area (Å²) in [6, 6.07) is 10.5. The Morgan fingerprint density at radius 3 is 2.68 bits per heavy atom. The van der Waals surface area contributed by atoms with E-state index in [4.69, 9.17) is 32.7 Å². The maximum absolute atomic E-state index is 9.10. The predicted octanol–water partition coefficient (Wildman–Crippen LogP) is 4.29. The highest BCUT2D eigenvalue weighted by Crippen LogP contribution is 2.32. The Bertz CT molecular complexity index is 752. The van der Waals surface area contributed by atoms with Crippen molar-refractivity contribution >= 4 is 34.3 Å². The van der Waals surface area contributed by atoms with Crippen LogP contribution in [0, 0.1) is 0 Å². The molecule has 0 bridgehead atoms. The number of benzene rings is 2. The van der Waals surface area contributed by atoms with Gasteiger partial charge in [0.25, 0.3) is 0 Å². The van der Waals surface area contributed by atoms with E-state index >= 15 is 0 Å². The van der Waals surface area contributed by atoms with Crippen LogP contribution >= 0.6 is 23.2 Å². The fourth-order valence-electron chi connectivity index (χ4n) is 1.85. The molecule has 3 aromatic rings. The number of hydrogen-bond acceptors (Lipinski definition) is 3. The number of aromatic nitrogens is 1. The lowest BCUT2D eigenvalue weighted by atomic mass is 10.2. The Morgan fingerprint density at radius 2 is 1.95 bits per heavy atom. The molecule has 1 aromatic heterocycles. The van der Waals surface area contributed by atoms with Gasteiger partial charge in [-0.2, -0.15) is 0 Å². The van der Waals surface area contributed by atoms with Crippen LogP contribution < -0.4 is 0 Å². The van der Waals surface area contributed by atoms with E-state index in [1.165, 1.54) is 0 Å². The Labute approximate surface area is 119 Å². The average molecular weight is 294 g/mol. The summed E-state index contributed by atoms with van der Waals surface area (Å²) in [5.41, 5.74) is 2.81. The van der Waals surface area contributed by atoms with Crippen molar-refractivity contribution in [1.29, 1.82) is 0 Å². The van der Waals surface area contributed by atoms with Crippen LogP contribution in [-0.4, -0.2) is 10.1 Å². The number of nitrogens with zero attached hydrogens (tertiary/aromatic N) is 1. The van der Waals surface area contributed by atoms with Gasteiger partial charge in [0.1, 0.15) is 5.52 Å². The molecule has 1 heterocycles. The SMILES string of the molecule is OCc1ccc2oc(-c3ccc(Cl)cc3Cl)nc2c1. The second-order valence-corrected chi connectivity index (χ2v) is 4.95. The number of rotatable bonds is 2. The molecule has 5 heteroatoms. The lowest BCUT2D eigenvalue weighted by molar-refractivity contribution is 0.282. The molecule has 0 radical (unpaired) electrons. The van der Waals surface area contributed by atoms with E-state index in [0.29, 0.717) is 32.6 Å². The number of oxazole rings is 1. The molecule has 3 nitrogen and oxygen atoms in total. The number of halogens is 2. The summed E-state index contributed by atoms with van der Waals surface area (Å²) in [7, 11) is 0. The van der Waals surface area contributed by atoms with Gasteiger partial charge in [0.15, 0.2) is 5.58 Å². The smallest absolute Gasteiger partial charge is 0.228 e. The number of hydrogen-bond donors (Lipinski definition) is 1. The van der Waals surface area contributed by atoms with Crippen LogP contribution in [0.4, 0.5) is 0 Å². The third-order valence-corrected chi connectivity index (χ3v) is 3.34. The van der Waals surface area contributed by atoms with Crippen LogP contribution in [0.25, 0.3) is 22.6 Å². The Morgan fingerprint density at radius 1 is 1.11 bits per heavy atom. The topological polar surface area (TPSA) is 46.3 Å². The average Bonchev–Trinajstić information content (AvgIpc) is 2.80. The van der Waals surface area contributed by atoms with Crippen LogP contribution in [0.2, 0.25) is 10.0 Å². The molecule has 0 fully saturated rings. The van der Waals surface area contributed by atoms with Gasteiger partial charge in [0, 0.05) is 5.02 Å². The van der Waals surface area contributed by atoms with Crippen molar-refractivity contribution in [1.82, 2.24) is 4.98 Å². The zero-order valence-corrected chi connectivity index (χ0v) is 11.2. The summed E-state index contributed by atoms with van der Waals surface area (Å²) in [6.45, 7) is -0.0279. The molecule has 0 unspecified atom stereocenters. The minimum absolute atomic E-state index is 0.0279. The van der Waals surface area contributed by atoms with E-state index < -0.39 is 0 Å². The first kappa shape index (κ1) is 12.5. The summed E-state index contributed by atoms with van der Waals surface area (Å²) < 4.78 is 5.65. The van der Waals surface area contributed by atoms with E-state index in [2.05, 4.69) is 4.98 Å². The first-order valence-electron chi connectivity index (χ1n) is 5.63. The molecule has 2 aromatic carbocycles. The normalized spacial score (nSPS) is 11.1. The van der Waals surface area contributed by atoms with Crippen molar-refractivity contribution in [3.05, 3.63) is 52.0 Å². The molecule has 0 amide bonds. The lowest BCUT2D eigenvalue weighted by Gasteiger charge is -1.98. The molecule has 3 rings (SSSR count). The van der Waals surface area contributed by atoms with E-state index in [9.17, 15) is 0 Å². The maximum Gasteiger partial charge on any atom is 0.228 e. The van der Waals surface area contributed by atoms with Gasteiger partial charge in [-0.05, 0) is 35.9 Å². The predicted molar refractivity (Wildman–Crippen MR) is 75.4 cm³/mol. The molecular formula is C14H9Cl2NO2. The summed E-state index contributed by atoms with van der Waals surface area (Å²) in [4.78, 5) is 4.38. The van der Waals surface area contributed by atoms with Gasteiger partial charge < -0.3 is 9.52 Å². The standard InChI is InChI=1S/C14H9Cl2NO2/c15-9-2-3-10(11(16)6-9)14-17-12-5-8(7-18)1-4-13(12)19-14/h1-6,18H,7H2. The number of aliphatic hydroxyl groups excluding tert-OH is 1. The molecule has 0 saturated carbocycles. The molecule has 0 aliphatic carbocycles. The molecule has 0 aliphatic rings. The van der Waals surface area contributed by atoms with Crippen LogP contribution in [-0.2, 0) is 6.61 Å². The highest BCUT2D eigenvalue weighted by Gasteiger charge is 2.12. The Kier molecular flexibility index (Phi) is 3.19. The van der Waals surface area contributed by atoms with Crippen LogP contribution in [0.15, 0.2) is 40.8 Å². The quantitative estimate of drug-likeness (QED) is 0.766. The molecule has 0 aliphatic heterocycles. The zero-order chi connectivity index (χ0) is 13.4. The van der Waals surface area contributed by atoms with Gasteiger partial charge in [-0.25, -0.2) is 4.98 Å². The molecule has 0 spiro atoms. The molecule has 96 valence electrons.